The maximum atomic E-state index is 6.15. The minimum absolute atomic E-state index is 0. The third-order valence-electron chi connectivity index (χ3n) is 5.16. The number of rotatable bonds is 7. The minimum Gasteiger partial charge on any atom is -0.488 e. The molecule has 0 aliphatic heterocycles. The molecule has 33 heavy (non-hydrogen) atoms. The predicted octanol–water partition coefficient (Wildman–Crippen LogP) is 6.01. The van der Waals surface area contributed by atoms with Crippen LogP contribution in [-0.4, -0.2) is 14.6 Å². The summed E-state index contributed by atoms with van der Waals surface area (Å²) in [6.07, 6.45) is 2.07. The van der Waals surface area contributed by atoms with Crippen molar-refractivity contribution >= 4 is 29.8 Å². The molecule has 5 nitrogen and oxygen atoms in total. The Morgan fingerprint density at radius 2 is 1.58 bits per heavy atom. The molecular formula is C26H23ClN4OS. The van der Waals surface area contributed by atoms with Crippen LogP contribution < -0.4 is 10.5 Å². The van der Waals surface area contributed by atoms with Crippen molar-refractivity contribution < 1.29 is 4.74 Å². The maximum Gasteiger partial charge on any atom is 0.172 e. The lowest BCUT2D eigenvalue weighted by Gasteiger charge is -2.11. The van der Waals surface area contributed by atoms with Gasteiger partial charge in [0.05, 0.1) is 5.56 Å². The van der Waals surface area contributed by atoms with Crippen LogP contribution in [0.5, 0.6) is 5.75 Å². The van der Waals surface area contributed by atoms with Crippen LogP contribution in [0.3, 0.4) is 0 Å². The van der Waals surface area contributed by atoms with E-state index in [9.17, 15) is 0 Å². The Balaban J connectivity index is 0.00000259. The molecule has 0 saturated carbocycles. The van der Waals surface area contributed by atoms with E-state index >= 15 is 0 Å². The van der Waals surface area contributed by atoms with E-state index in [1.54, 1.807) is 11.8 Å². The lowest BCUT2D eigenvalue weighted by molar-refractivity contribution is 0.307. The molecule has 0 fully saturated rings. The summed E-state index contributed by atoms with van der Waals surface area (Å²) in [5, 5.41) is 8.83. The second-order valence-corrected chi connectivity index (χ2v) is 8.42. The largest absolute Gasteiger partial charge is 0.488 e. The Labute approximate surface area is 203 Å². The summed E-state index contributed by atoms with van der Waals surface area (Å²) in [5.41, 5.74) is 9.85. The number of fused-ring (bicyclic) bond motifs is 1. The van der Waals surface area contributed by atoms with Gasteiger partial charge in [0.15, 0.2) is 11.5 Å². The standard InChI is InChI=1S/C26H22N4OS.ClH/c27-16-20-10-4-7-13-24(20)32-21-14-15-25-28-29-26(30(25)17-21)22-11-5-6-12-23(22)31-18-19-8-2-1-3-9-19;/h1-15,17H,16,18,27H2;1H. The van der Waals surface area contributed by atoms with Gasteiger partial charge in [0, 0.05) is 22.5 Å². The first-order valence-electron chi connectivity index (χ1n) is 10.4. The fourth-order valence-corrected chi connectivity index (χ4v) is 4.50. The molecule has 0 atom stereocenters. The molecule has 7 heteroatoms. The Morgan fingerprint density at radius 3 is 2.42 bits per heavy atom. The van der Waals surface area contributed by atoms with Crippen molar-refractivity contribution in [1.29, 1.82) is 0 Å². The molecule has 0 radical (unpaired) electrons. The van der Waals surface area contributed by atoms with Gasteiger partial charge >= 0.3 is 0 Å². The number of nitrogens with zero attached hydrogens (tertiary/aromatic N) is 3. The molecule has 0 aliphatic carbocycles. The van der Waals surface area contributed by atoms with Crippen LogP contribution in [0.2, 0.25) is 0 Å². The molecule has 0 spiro atoms. The van der Waals surface area contributed by atoms with Gasteiger partial charge in [-0.25, -0.2) is 0 Å². The highest BCUT2D eigenvalue weighted by molar-refractivity contribution is 7.99. The number of hydrogen-bond acceptors (Lipinski definition) is 5. The summed E-state index contributed by atoms with van der Waals surface area (Å²) in [7, 11) is 0. The molecule has 166 valence electrons. The molecule has 5 rings (SSSR count). The first-order valence-corrected chi connectivity index (χ1v) is 11.2. The van der Waals surface area contributed by atoms with E-state index in [-0.39, 0.29) is 12.4 Å². The fraction of sp³-hybridized carbons (Fsp3) is 0.0769. The zero-order valence-electron chi connectivity index (χ0n) is 17.8. The van der Waals surface area contributed by atoms with Crippen LogP contribution in [0.1, 0.15) is 11.1 Å². The third-order valence-corrected chi connectivity index (χ3v) is 6.26. The van der Waals surface area contributed by atoms with Gasteiger partial charge < -0.3 is 10.5 Å². The van der Waals surface area contributed by atoms with Crippen LogP contribution >= 0.6 is 24.2 Å². The summed E-state index contributed by atoms with van der Waals surface area (Å²) >= 11 is 1.69. The number of benzene rings is 3. The smallest absolute Gasteiger partial charge is 0.172 e. The van der Waals surface area contributed by atoms with E-state index < -0.39 is 0 Å². The van der Waals surface area contributed by atoms with E-state index in [0.29, 0.717) is 13.2 Å². The zero-order valence-corrected chi connectivity index (χ0v) is 19.4. The van der Waals surface area contributed by atoms with Crippen LogP contribution in [-0.2, 0) is 13.2 Å². The molecular weight excluding hydrogens is 452 g/mol. The average Bonchev–Trinajstić information content (AvgIpc) is 3.27. The topological polar surface area (TPSA) is 65.4 Å². The van der Waals surface area contributed by atoms with Crippen LogP contribution in [0.4, 0.5) is 0 Å². The molecule has 2 heterocycles. The van der Waals surface area contributed by atoms with Crippen molar-refractivity contribution in [2.45, 2.75) is 22.9 Å². The van der Waals surface area contributed by atoms with Gasteiger partial charge in [0.25, 0.3) is 0 Å². The van der Waals surface area contributed by atoms with Gasteiger partial charge in [-0.2, -0.15) is 0 Å². The van der Waals surface area contributed by atoms with Gasteiger partial charge in [-0.05, 0) is 41.5 Å². The first-order chi connectivity index (χ1) is 15.8. The van der Waals surface area contributed by atoms with Crippen LogP contribution in [0, 0.1) is 0 Å². The van der Waals surface area contributed by atoms with Crippen molar-refractivity contribution in [3.63, 3.8) is 0 Å². The lowest BCUT2D eigenvalue weighted by Crippen LogP contribution is -1.99. The van der Waals surface area contributed by atoms with Crippen molar-refractivity contribution in [1.82, 2.24) is 14.6 Å². The van der Waals surface area contributed by atoms with E-state index in [4.69, 9.17) is 10.5 Å². The average molecular weight is 475 g/mol. The molecule has 0 amide bonds. The number of ether oxygens (including phenoxy) is 1. The molecule has 2 N–H and O–H groups in total. The highest BCUT2D eigenvalue weighted by Gasteiger charge is 2.14. The summed E-state index contributed by atoms with van der Waals surface area (Å²) in [5.74, 6) is 1.52. The van der Waals surface area contributed by atoms with E-state index in [1.165, 1.54) is 0 Å². The predicted molar refractivity (Wildman–Crippen MR) is 135 cm³/mol. The van der Waals surface area contributed by atoms with Gasteiger partial charge in [-0.3, -0.25) is 4.40 Å². The Morgan fingerprint density at radius 1 is 0.818 bits per heavy atom. The van der Waals surface area contributed by atoms with Gasteiger partial charge in [-0.15, -0.1) is 22.6 Å². The number of pyridine rings is 1. The van der Waals surface area contributed by atoms with Gasteiger partial charge in [-0.1, -0.05) is 72.4 Å². The molecule has 0 bridgehead atoms. The number of aromatic nitrogens is 3. The molecule has 5 aromatic rings. The Kier molecular flexibility index (Phi) is 7.29. The maximum absolute atomic E-state index is 6.15. The minimum atomic E-state index is 0. The number of hydrogen-bond donors (Lipinski definition) is 1. The summed E-state index contributed by atoms with van der Waals surface area (Å²) in [6, 6.07) is 30.3. The Bertz CT molecular complexity index is 1360. The normalized spacial score (nSPS) is 10.7. The van der Waals surface area contributed by atoms with Crippen LogP contribution in [0.15, 0.2) is 107 Å². The lowest BCUT2D eigenvalue weighted by atomic mass is 10.2. The first kappa shape index (κ1) is 22.9. The zero-order chi connectivity index (χ0) is 21.8. The molecule has 2 aromatic heterocycles. The second-order valence-electron chi connectivity index (χ2n) is 7.30. The Hall–Kier alpha value is -3.32. The number of nitrogens with two attached hydrogens (primary N) is 1. The summed E-state index contributed by atoms with van der Waals surface area (Å²) < 4.78 is 8.16. The second kappa shape index (κ2) is 10.5. The van der Waals surface area contributed by atoms with Gasteiger partial charge in [0.2, 0.25) is 0 Å². The highest BCUT2D eigenvalue weighted by atomic mass is 35.5. The van der Waals surface area contributed by atoms with Crippen molar-refractivity contribution in [2.75, 3.05) is 0 Å². The number of para-hydroxylation sites is 1. The SMILES string of the molecule is Cl.NCc1ccccc1Sc1ccc2nnc(-c3ccccc3OCc3ccccc3)n2c1. The van der Waals surface area contributed by atoms with Crippen LogP contribution in [0.25, 0.3) is 17.0 Å². The monoisotopic (exact) mass is 474 g/mol. The van der Waals surface area contributed by atoms with E-state index in [1.807, 2.05) is 65.1 Å². The summed E-state index contributed by atoms with van der Waals surface area (Å²) in [6.45, 7) is 1.00. The molecule has 0 saturated heterocycles. The van der Waals surface area contributed by atoms with E-state index in [2.05, 4.69) is 46.7 Å². The molecule has 0 unspecified atom stereocenters. The number of halogens is 1. The third kappa shape index (κ3) is 5.03. The highest BCUT2D eigenvalue weighted by Crippen LogP contribution is 2.33. The van der Waals surface area contributed by atoms with Crippen molar-refractivity contribution in [3.8, 4) is 17.1 Å². The van der Waals surface area contributed by atoms with E-state index in [0.717, 1.165) is 43.7 Å². The molecule has 0 aliphatic rings. The quantitative estimate of drug-likeness (QED) is 0.313. The summed E-state index contributed by atoms with van der Waals surface area (Å²) in [4.78, 5) is 2.23. The van der Waals surface area contributed by atoms with Crippen molar-refractivity contribution in [2.24, 2.45) is 5.73 Å². The van der Waals surface area contributed by atoms with Gasteiger partial charge in [0.1, 0.15) is 12.4 Å². The van der Waals surface area contributed by atoms with Crippen molar-refractivity contribution in [3.05, 3.63) is 108 Å². The fourth-order valence-electron chi connectivity index (χ4n) is 3.53. The molecule has 3 aromatic carbocycles.